The second-order valence-corrected chi connectivity index (χ2v) is 7.53. The van der Waals surface area contributed by atoms with E-state index in [0.717, 1.165) is 28.4 Å². The van der Waals surface area contributed by atoms with E-state index in [-0.39, 0.29) is 12.5 Å². The van der Waals surface area contributed by atoms with Gasteiger partial charge in [0, 0.05) is 18.0 Å². The van der Waals surface area contributed by atoms with Crippen LogP contribution in [0.1, 0.15) is 22.5 Å². The van der Waals surface area contributed by atoms with E-state index >= 15 is 0 Å². The van der Waals surface area contributed by atoms with Crippen LogP contribution in [0.3, 0.4) is 0 Å². The maximum Gasteiger partial charge on any atom is 0.308 e. The van der Waals surface area contributed by atoms with Gasteiger partial charge in [-0.2, -0.15) is 0 Å². The highest BCUT2D eigenvalue weighted by molar-refractivity contribution is 7.17. The maximum atomic E-state index is 12.7. The van der Waals surface area contributed by atoms with Crippen LogP contribution < -0.4 is 9.47 Å². The van der Waals surface area contributed by atoms with Gasteiger partial charge in [0.2, 0.25) is 0 Å². The van der Waals surface area contributed by atoms with Crippen molar-refractivity contribution in [3.05, 3.63) is 35.2 Å². The van der Waals surface area contributed by atoms with Gasteiger partial charge in [-0.05, 0) is 48.7 Å². The number of aliphatic carboxylic acids is 1. The second-order valence-electron chi connectivity index (χ2n) is 6.45. The average Bonchev–Trinajstić information content (AvgIpc) is 3.17. The highest BCUT2D eigenvalue weighted by Gasteiger charge is 2.29. The molecule has 1 unspecified atom stereocenters. The lowest BCUT2D eigenvalue weighted by Gasteiger charge is -2.30. The Morgan fingerprint density at radius 2 is 1.92 bits per heavy atom. The molecular formula is C19H19NO5S. The summed E-state index contributed by atoms with van der Waals surface area (Å²) in [6.07, 6.45) is 1.36. The van der Waals surface area contributed by atoms with Crippen molar-refractivity contribution in [3.63, 3.8) is 0 Å². The SMILES string of the molecule is O=C(O)C1CCCN(C(=O)c2ccc(-c3ccc4c(c3)OCCO4)s2)C1. The van der Waals surface area contributed by atoms with Gasteiger partial charge in [0.25, 0.3) is 5.91 Å². The Hall–Kier alpha value is -2.54. The number of carbonyl (C=O) groups is 2. The average molecular weight is 373 g/mol. The molecule has 0 bridgehead atoms. The molecule has 3 heterocycles. The molecule has 1 aromatic heterocycles. The smallest absolute Gasteiger partial charge is 0.308 e. The molecule has 1 N–H and O–H groups in total. The van der Waals surface area contributed by atoms with Crippen molar-refractivity contribution in [1.29, 1.82) is 0 Å². The molecule has 0 aliphatic carbocycles. The Bertz CT molecular complexity index is 846. The molecule has 2 aromatic rings. The fourth-order valence-electron chi connectivity index (χ4n) is 3.32. The number of amides is 1. The molecule has 1 saturated heterocycles. The summed E-state index contributed by atoms with van der Waals surface area (Å²) in [7, 11) is 0. The molecule has 1 aromatic carbocycles. The number of nitrogens with zero attached hydrogens (tertiary/aromatic N) is 1. The van der Waals surface area contributed by atoms with Gasteiger partial charge in [-0.25, -0.2) is 0 Å². The van der Waals surface area contributed by atoms with E-state index < -0.39 is 11.9 Å². The van der Waals surface area contributed by atoms with Crippen LogP contribution in [0.2, 0.25) is 0 Å². The molecular weight excluding hydrogens is 354 g/mol. The van der Waals surface area contributed by atoms with E-state index in [9.17, 15) is 14.7 Å². The fraction of sp³-hybridized carbons (Fsp3) is 0.368. The zero-order valence-electron chi connectivity index (χ0n) is 14.1. The van der Waals surface area contributed by atoms with Crippen LogP contribution in [0.25, 0.3) is 10.4 Å². The van der Waals surface area contributed by atoms with Crippen LogP contribution >= 0.6 is 11.3 Å². The minimum atomic E-state index is -0.828. The topological polar surface area (TPSA) is 76.1 Å². The summed E-state index contributed by atoms with van der Waals surface area (Å²) in [6.45, 7) is 1.98. The van der Waals surface area contributed by atoms with Crippen LogP contribution in [0.4, 0.5) is 0 Å². The number of hydrogen-bond acceptors (Lipinski definition) is 5. The molecule has 0 spiro atoms. The van der Waals surface area contributed by atoms with Crippen molar-refractivity contribution in [2.24, 2.45) is 5.92 Å². The zero-order chi connectivity index (χ0) is 18.1. The minimum Gasteiger partial charge on any atom is -0.486 e. The molecule has 2 aliphatic heterocycles. The van der Waals surface area contributed by atoms with Crippen molar-refractivity contribution < 1.29 is 24.2 Å². The van der Waals surface area contributed by atoms with Crippen molar-refractivity contribution in [1.82, 2.24) is 4.90 Å². The number of fused-ring (bicyclic) bond motifs is 1. The number of likely N-dealkylation sites (tertiary alicyclic amines) is 1. The van der Waals surface area contributed by atoms with Crippen LogP contribution in [0.5, 0.6) is 11.5 Å². The van der Waals surface area contributed by atoms with Crippen LogP contribution in [-0.2, 0) is 4.79 Å². The molecule has 0 saturated carbocycles. The van der Waals surface area contributed by atoms with E-state index in [1.807, 2.05) is 30.3 Å². The molecule has 1 amide bonds. The quantitative estimate of drug-likeness (QED) is 0.895. The third-order valence-corrected chi connectivity index (χ3v) is 5.82. The third kappa shape index (κ3) is 3.26. The molecule has 136 valence electrons. The summed E-state index contributed by atoms with van der Waals surface area (Å²) in [5.74, 6) is 0.0663. The third-order valence-electron chi connectivity index (χ3n) is 4.70. The molecule has 4 rings (SSSR count). The van der Waals surface area contributed by atoms with Crippen molar-refractivity contribution in [2.75, 3.05) is 26.3 Å². The largest absolute Gasteiger partial charge is 0.486 e. The lowest BCUT2D eigenvalue weighted by molar-refractivity contribution is -0.143. The van der Waals surface area contributed by atoms with Gasteiger partial charge in [-0.1, -0.05) is 0 Å². The Kier molecular flexibility index (Phi) is 4.55. The predicted molar refractivity (Wildman–Crippen MR) is 97.0 cm³/mol. The van der Waals surface area contributed by atoms with Crippen molar-refractivity contribution >= 4 is 23.2 Å². The molecule has 1 fully saturated rings. The van der Waals surface area contributed by atoms with Gasteiger partial charge in [0.15, 0.2) is 11.5 Å². The number of benzene rings is 1. The minimum absolute atomic E-state index is 0.0928. The molecule has 6 nitrogen and oxygen atoms in total. The monoisotopic (exact) mass is 373 g/mol. The zero-order valence-corrected chi connectivity index (χ0v) is 15.0. The highest BCUT2D eigenvalue weighted by atomic mass is 32.1. The highest BCUT2D eigenvalue weighted by Crippen LogP contribution is 2.37. The first-order valence-corrected chi connectivity index (χ1v) is 9.45. The Morgan fingerprint density at radius 1 is 1.12 bits per heavy atom. The van der Waals surface area contributed by atoms with Gasteiger partial charge in [-0.15, -0.1) is 11.3 Å². The number of hydrogen-bond donors (Lipinski definition) is 1. The number of rotatable bonds is 3. The van der Waals surface area contributed by atoms with E-state index in [1.54, 1.807) is 4.90 Å². The normalized spacial score (nSPS) is 19.2. The van der Waals surface area contributed by atoms with Gasteiger partial charge >= 0.3 is 5.97 Å². The second kappa shape index (κ2) is 6.99. The number of ether oxygens (including phenoxy) is 2. The Balaban J connectivity index is 1.52. The first-order valence-electron chi connectivity index (χ1n) is 8.64. The lowest BCUT2D eigenvalue weighted by Crippen LogP contribution is -2.42. The van der Waals surface area contributed by atoms with Gasteiger partial charge in [0.05, 0.1) is 10.8 Å². The van der Waals surface area contributed by atoms with E-state index in [4.69, 9.17) is 9.47 Å². The van der Waals surface area contributed by atoms with Crippen LogP contribution in [0, 0.1) is 5.92 Å². The summed E-state index contributed by atoms with van der Waals surface area (Å²) in [6, 6.07) is 9.49. The first kappa shape index (κ1) is 16.9. The van der Waals surface area contributed by atoms with Gasteiger partial charge in [0.1, 0.15) is 13.2 Å². The summed E-state index contributed by atoms with van der Waals surface area (Å²) in [5.41, 5.74) is 0.973. The first-order chi connectivity index (χ1) is 12.6. The number of piperidine rings is 1. The fourth-order valence-corrected chi connectivity index (χ4v) is 4.29. The Labute approximate surface area is 155 Å². The maximum absolute atomic E-state index is 12.7. The van der Waals surface area contributed by atoms with Gasteiger partial charge in [-0.3, -0.25) is 9.59 Å². The van der Waals surface area contributed by atoms with Crippen molar-refractivity contribution in [3.8, 4) is 21.9 Å². The number of carboxylic acids is 1. The lowest BCUT2D eigenvalue weighted by atomic mass is 9.98. The molecule has 0 radical (unpaired) electrons. The summed E-state index contributed by atoms with van der Waals surface area (Å²) >= 11 is 1.41. The molecule has 1 atom stereocenters. The summed E-state index contributed by atoms with van der Waals surface area (Å²) in [5, 5.41) is 9.20. The molecule has 2 aliphatic rings. The number of carboxylic acid groups (broad SMARTS) is 1. The number of thiophene rings is 1. The van der Waals surface area contributed by atoms with Crippen molar-refractivity contribution in [2.45, 2.75) is 12.8 Å². The van der Waals surface area contributed by atoms with Gasteiger partial charge < -0.3 is 19.5 Å². The van der Waals surface area contributed by atoms with Crippen LogP contribution in [0.15, 0.2) is 30.3 Å². The Morgan fingerprint density at radius 3 is 2.73 bits per heavy atom. The van der Waals surface area contributed by atoms with E-state index in [1.165, 1.54) is 11.3 Å². The summed E-state index contributed by atoms with van der Waals surface area (Å²) < 4.78 is 11.2. The summed E-state index contributed by atoms with van der Waals surface area (Å²) in [4.78, 5) is 27.2. The molecule has 7 heteroatoms. The van der Waals surface area contributed by atoms with Crippen LogP contribution in [-0.4, -0.2) is 48.2 Å². The number of carbonyl (C=O) groups excluding carboxylic acids is 1. The predicted octanol–water partition coefficient (Wildman–Crippen LogP) is 3.12. The van der Waals surface area contributed by atoms with E-state index in [0.29, 0.717) is 31.1 Å². The molecule has 26 heavy (non-hydrogen) atoms. The van der Waals surface area contributed by atoms with E-state index in [2.05, 4.69) is 0 Å². The standard InChI is InChI=1S/C19H19NO5S/c21-18(20-7-1-2-13(11-20)19(22)23)17-6-5-16(26-17)12-3-4-14-15(10-12)25-9-8-24-14/h3-6,10,13H,1-2,7-9,11H2,(H,22,23).